The van der Waals surface area contributed by atoms with Gasteiger partial charge in [-0.1, -0.05) is 12.1 Å². The minimum Gasteiger partial charge on any atom is -0.457 e. The zero-order valence-electron chi connectivity index (χ0n) is 15.9. The molecule has 3 heterocycles. The van der Waals surface area contributed by atoms with E-state index in [1.165, 1.54) is 18.4 Å². The largest absolute Gasteiger partial charge is 0.457 e. The molecule has 2 aliphatic heterocycles. The molecule has 1 aromatic heterocycles. The highest BCUT2D eigenvalue weighted by atomic mass is 32.2. The van der Waals surface area contributed by atoms with Crippen LogP contribution in [0.2, 0.25) is 0 Å². The molecule has 3 amide bonds. The SMILES string of the molecule is O=C(Oc1cccc(/C=C2\SC(=O)N(CC(=O)N3CCCC3)C2=O)c1)c1ccco1. The minimum atomic E-state index is -0.641. The molecular formula is C21H18N2O6S. The summed E-state index contributed by atoms with van der Waals surface area (Å²) in [6.45, 7) is 1.08. The number of hydrogen-bond donors (Lipinski definition) is 0. The molecule has 30 heavy (non-hydrogen) atoms. The van der Waals surface area contributed by atoms with E-state index in [4.69, 9.17) is 9.15 Å². The van der Waals surface area contributed by atoms with Gasteiger partial charge in [-0.25, -0.2) is 4.79 Å². The number of esters is 1. The lowest BCUT2D eigenvalue weighted by Crippen LogP contribution is -2.40. The highest BCUT2D eigenvalue weighted by Crippen LogP contribution is 2.32. The van der Waals surface area contributed by atoms with Gasteiger partial charge in [0, 0.05) is 13.1 Å². The van der Waals surface area contributed by atoms with Crippen LogP contribution in [0.25, 0.3) is 6.08 Å². The van der Waals surface area contributed by atoms with E-state index in [-0.39, 0.29) is 28.9 Å². The van der Waals surface area contributed by atoms with Crippen molar-refractivity contribution in [1.82, 2.24) is 9.80 Å². The fraction of sp³-hybridized carbons (Fsp3) is 0.238. The average Bonchev–Trinajstić information content (AvgIpc) is 3.48. The topological polar surface area (TPSA) is 97.1 Å². The smallest absolute Gasteiger partial charge is 0.379 e. The Balaban J connectivity index is 1.45. The van der Waals surface area contributed by atoms with Gasteiger partial charge in [0.15, 0.2) is 0 Å². The van der Waals surface area contributed by atoms with E-state index < -0.39 is 17.1 Å². The summed E-state index contributed by atoms with van der Waals surface area (Å²) in [6, 6.07) is 9.62. The van der Waals surface area contributed by atoms with Gasteiger partial charge in [0.05, 0.1) is 11.2 Å². The molecule has 2 aromatic rings. The standard InChI is InChI=1S/C21H18N2O6S/c24-18(22-8-1-2-9-22)13-23-19(25)17(30-21(23)27)12-14-5-3-6-15(11-14)29-20(26)16-7-4-10-28-16/h3-7,10-12H,1-2,8-9,13H2/b17-12-. The summed E-state index contributed by atoms with van der Waals surface area (Å²) in [5.41, 5.74) is 0.580. The van der Waals surface area contributed by atoms with Crippen molar-refractivity contribution in [2.24, 2.45) is 0 Å². The maximum Gasteiger partial charge on any atom is 0.379 e. The first-order chi connectivity index (χ1) is 14.5. The number of furan rings is 1. The van der Waals surface area contributed by atoms with Crippen molar-refractivity contribution in [3.8, 4) is 5.75 Å². The number of thioether (sulfide) groups is 1. The Morgan fingerprint density at radius 2 is 1.93 bits per heavy atom. The number of nitrogens with zero attached hydrogens (tertiary/aromatic N) is 2. The third-order valence-corrected chi connectivity index (χ3v) is 5.62. The number of likely N-dealkylation sites (tertiary alicyclic amines) is 1. The van der Waals surface area contributed by atoms with Crippen molar-refractivity contribution in [2.75, 3.05) is 19.6 Å². The summed E-state index contributed by atoms with van der Waals surface area (Å²) < 4.78 is 10.3. The zero-order chi connectivity index (χ0) is 21.1. The van der Waals surface area contributed by atoms with Crippen LogP contribution in [0, 0.1) is 0 Å². The molecule has 0 N–H and O–H groups in total. The Morgan fingerprint density at radius 3 is 2.67 bits per heavy atom. The highest BCUT2D eigenvalue weighted by Gasteiger charge is 2.37. The normalized spacial score (nSPS) is 17.8. The molecule has 0 spiro atoms. The van der Waals surface area contributed by atoms with E-state index in [9.17, 15) is 19.2 Å². The van der Waals surface area contributed by atoms with Gasteiger partial charge in [-0.3, -0.25) is 19.3 Å². The summed E-state index contributed by atoms with van der Waals surface area (Å²) in [4.78, 5) is 52.0. The molecule has 0 radical (unpaired) electrons. The van der Waals surface area contributed by atoms with E-state index in [1.54, 1.807) is 35.2 Å². The van der Waals surface area contributed by atoms with Gasteiger partial charge >= 0.3 is 5.97 Å². The van der Waals surface area contributed by atoms with Gasteiger partial charge in [0.25, 0.3) is 11.1 Å². The number of carbonyl (C=O) groups is 4. The van der Waals surface area contributed by atoms with Crippen molar-refractivity contribution >= 4 is 40.9 Å². The van der Waals surface area contributed by atoms with Crippen LogP contribution in [-0.4, -0.2) is 52.5 Å². The molecule has 0 bridgehead atoms. The first kappa shape index (κ1) is 20.0. The number of ether oxygens (including phenoxy) is 1. The Kier molecular flexibility index (Phi) is 5.71. The summed E-state index contributed by atoms with van der Waals surface area (Å²) in [7, 11) is 0. The number of benzene rings is 1. The quantitative estimate of drug-likeness (QED) is 0.412. The number of carbonyl (C=O) groups excluding carboxylic acids is 4. The van der Waals surface area contributed by atoms with E-state index in [0.29, 0.717) is 18.7 Å². The van der Waals surface area contributed by atoms with Crippen LogP contribution in [-0.2, 0) is 9.59 Å². The fourth-order valence-electron chi connectivity index (χ4n) is 3.21. The molecule has 4 rings (SSSR count). The van der Waals surface area contributed by atoms with Gasteiger partial charge < -0.3 is 14.1 Å². The predicted octanol–water partition coefficient (Wildman–Crippen LogP) is 3.16. The van der Waals surface area contributed by atoms with Crippen LogP contribution < -0.4 is 4.74 Å². The van der Waals surface area contributed by atoms with E-state index in [1.807, 2.05) is 0 Å². The Labute approximate surface area is 176 Å². The third kappa shape index (κ3) is 4.30. The van der Waals surface area contributed by atoms with Crippen LogP contribution in [0.15, 0.2) is 52.0 Å². The van der Waals surface area contributed by atoms with Crippen molar-refractivity contribution in [2.45, 2.75) is 12.8 Å². The van der Waals surface area contributed by atoms with Crippen molar-refractivity contribution in [3.05, 3.63) is 58.9 Å². The van der Waals surface area contributed by atoms with Crippen molar-refractivity contribution in [3.63, 3.8) is 0 Å². The first-order valence-corrected chi connectivity index (χ1v) is 10.2. The molecule has 154 valence electrons. The van der Waals surface area contributed by atoms with Crippen molar-refractivity contribution < 1.29 is 28.3 Å². The van der Waals surface area contributed by atoms with Crippen LogP contribution >= 0.6 is 11.8 Å². The van der Waals surface area contributed by atoms with Gasteiger partial charge in [-0.2, -0.15) is 0 Å². The van der Waals surface area contributed by atoms with Crippen molar-refractivity contribution in [1.29, 1.82) is 0 Å². The molecule has 0 unspecified atom stereocenters. The fourth-order valence-corrected chi connectivity index (χ4v) is 4.05. The first-order valence-electron chi connectivity index (χ1n) is 9.40. The van der Waals surface area contributed by atoms with Crippen LogP contribution in [0.1, 0.15) is 29.0 Å². The second kappa shape index (κ2) is 8.58. The number of hydrogen-bond acceptors (Lipinski definition) is 7. The Bertz CT molecular complexity index is 1020. The van der Waals surface area contributed by atoms with Gasteiger partial charge in [-0.15, -0.1) is 0 Å². The lowest BCUT2D eigenvalue weighted by molar-refractivity contribution is -0.135. The number of imide groups is 1. The molecule has 0 aliphatic carbocycles. The summed E-state index contributed by atoms with van der Waals surface area (Å²) in [6.07, 6.45) is 4.79. The third-order valence-electron chi connectivity index (χ3n) is 4.71. The van der Waals surface area contributed by atoms with E-state index in [0.717, 1.165) is 29.5 Å². The van der Waals surface area contributed by atoms with E-state index in [2.05, 4.69) is 0 Å². The maximum atomic E-state index is 12.6. The second-order valence-corrected chi connectivity index (χ2v) is 7.79. The summed E-state index contributed by atoms with van der Waals surface area (Å²) in [5, 5.41) is -0.473. The lowest BCUT2D eigenvalue weighted by atomic mass is 10.2. The molecule has 1 aromatic carbocycles. The average molecular weight is 426 g/mol. The van der Waals surface area contributed by atoms with Crippen LogP contribution in [0.3, 0.4) is 0 Å². The van der Waals surface area contributed by atoms with E-state index >= 15 is 0 Å². The molecule has 0 atom stereocenters. The van der Waals surface area contributed by atoms with Gasteiger partial charge in [-0.05, 0) is 60.5 Å². The summed E-state index contributed by atoms with van der Waals surface area (Å²) >= 11 is 0.784. The predicted molar refractivity (Wildman–Crippen MR) is 109 cm³/mol. The molecule has 8 nitrogen and oxygen atoms in total. The monoisotopic (exact) mass is 426 g/mol. The molecule has 2 fully saturated rings. The lowest BCUT2D eigenvalue weighted by Gasteiger charge is -2.18. The van der Waals surface area contributed by atoms with Crippen LogP contribution in [0.5, 0.6) is 5.75 Å². The summed E-state index contributed by atoms with van der Waals surface area (Å²) in [5.74, 6) is -1.02. The highest BCUT2D eigenvalue weighted by molar-refractivity contribution is 8.18. The number of amides is 3. The zero-order valence-corrected chi connectivity index (χ0v) is 16.7. The molecular weight excluding hydrogens is 408 g/mol. The van der Waals surface area contributed by atoms with Crippen LogP contribution in [0.4, 0.5) is 4.79 Å². The molecule has 2 saturated heterocycles. The Morgan fingerprint density at radius 1 is 1.13 bits per heavy atom. The molecule has 2 aliphatic rings. The minimum absolute atomic E-state index is 0.0733. The number of rotatable bonds is 5. The molecule has 9 heteroatoms. The molecule has 0 saturated carbocycles. The van der Waals surface area contributed by atoms with Gasteiger partial charge in [0.1, 0.15) is 12.3 Å². The van der Waals surface area contributed by atoms with Gasteiger partial charge in [0.2, 0.25) is 11.7 Å². The maximum absolute atomic E-state index is 12.6. The Hall–Kier alpha value is -3.33. The second-order valence-electron chi connectivity index (χ2n) is 6.80.